The van der Waals surface area contributed by atoms with Crippen LogP contribution in [0.2, 0.25) is 0 Å². The van der Waals surface area contributed by atoms with Crippen LogP contribution in [0.5, 0.6) is 0 Å². The van der Waals surface area contributed by atoms with Crippen LogP contribution in [0, 0.1) is 0 Å². The van der Waals surface area contributed by atoms with E-state index in [-0.39, 0.29) is 5.95 Å². The Hall–Kier alpha value is -0.960. The second kappa shape index (κ2) is 14.0. The maximum absolute atomic E-state index is 9.02. The molecule has 0 aliphatic heterocycles. The highest BCUT2D eigenvalue weighted by Crippen LogP contribution is 2.08. The van der Waals surface area contributed by atoms with Gasteiger partial charge < -0.3 is 14.6 Å². The van der Waals surface area contributed by atoms with Crippen molar-refractivity contribution in [1.82, 2.24) is 0 Å². The van der Waals surface area contributed by atoms with Crippen LogP contribution in [-0.2, 0) is 9.47 Å². The molecule has 0 rings (SSSR count). The lowest BCUT2D eigenvalue weighted by molar-refractivity contribution is 0.139. The van der Waals surface area contributed by atoms with Crippen molar-refractivity contribution in [2.75, 3.05) is 13.2 Å². The molecule has 3 heteroatoms. The van der Waals surface area contributed by atoms with Crippen molar-refractivity contribution < 1.29 is 14.6 Å². The third-order valence-corrected chi connectivity index (χ3v) is 1.56. The van der Waals surface area contributed by atoms with E-state index in [1.807, 2.05) is 27.7 Å². The third kappa shape index (κ3) is 15.5. The molecular weight excluding hydrogens is 204 g/mol. The molecule has 0 amide bonds. The van der Waals surface area contributed by atoms with E-state index in [9.17, 15) is 0 Å². The minimum atomic E-state index is -0.0362. The molecule has 0 aliphatic rings. The number of allylic oxidation sites excluding steroid dienone is 2. The molecule has 0 spiro atoms. The third-order valence-electron chi connectivity index (χ3n) is 1.56. The molecular formula is C13H26O3. The Morgan fingerprint density at radius 2 is 1.75 bits per heavy atom. The SMILES string of the molecule is C=C(CCC)O/C(O)=C/CC.CCOCC. The van der Waals surface area contributed by atoms with Gasteiger partial charge in [0.1, 0.15) is 5.76 Å². The smallest absolute Gasteiger partial charge is 0.277 e. The molecule has 0 aromatic carbocycles. The lowest BCUT2D eigenvalue weighted by Gasteiger charge is -2.04. The van der Waals surface area contributed by atoms with E-state index >= 15 is 0 Å². The zero-order chi connectivity index (χ0) is 12.8. The molecule has 16 heavy (non-hydrogen) atoms. The summed E-state index contributed by atoms with van der Waals surface area (Å²) in [7, 11) is 0. The first kappa shape index (κ1) is 17.4. The van der Waals surface area contributed by atoms with E-state index in [0.717, 1.165) is 32.5 Å². The van der Waals surface area contributed by atoms with Gasteiger partial charge in [0.25, 0.3) is 5.95 Å². The minimum Gasteiger partial charge on any atom is -0.481 e. The summed E-state index contributed by atoms with van der Waals surface area (Å²) >= 11 is 0. The van der Waals surface area contributed by atoms with Crippen molar-refractivity contribution in [3.63, 3.8) is 0 Å². The van der Waals surface area contributed by atoms with E-state index in [1.165, 1.54) is 0 Å². The van der Waals surface area contributed by atoms with Gasteiger partial charge in [-0.25, -0.2) is 0 Å². The summed E-state index contributed by atoms with van der Waals surface area (Å²) in [6.07, 6.45) is 4.16. The predicted octanol–water partition coefficient (Wildman–Crippen LogP) is 4.17. The van der Waals surface area contributed by atoms with Crippen molar-refractivity contribution in [2.45, 2.75) is 47.0 Å². The van der Waals surface area contributed by atoms with Gasteiger partial charge in [-0.05, 0) is 32.8 Å². The molecule has 0 aliphatic carbocycles. The molecule has 0 radical (unpaired) electrons. The fourth-order valence-electron chi connectivity index (χ4n) is 0.898. The zero-order valence-corrected chi connectivity index (χ0v) is 11.1. The molecule has 96 valence electrons. The molecule has 0 aromatic rings. The number of ether oxygens (including phenoxy) is 2. The predicted molar refractivity (Wildman–Crippen MR) is 68.3 cm³/mol. The van der Waals surface area contributed by atoms with Gasteiger partial charge in [0.2, 0.25) is 0 Å². The maximum Gasteiger partial charge on any atom is 0.277 e. The summed E-state index contributed by atoms with van der Waals surface area (Å²) in [4.78, 5) is 0. The van der Waals surface area contributed by atoms with Gasteiger partial charge in [-0.2, -0.15) is 0 Å². The van der Waals surface area contributed by atoms with Gasteiger partial charge in [-0.3, -0.25) is 0 Å². The lowest BCUT2D eigenvalue weighted by atomic mass is 10.3. The molecule has 1 N–H and O–H groups in total. The second-order valence-electron chi connectivity index (χ2n) is 3.12. The maximum atomic E-state index is 9.02. The van der Waals surface area contributed by atoms with E-state index in [0.29, 0.717) is 5.76 Å². The van der Waals surface area contributed by atoms with Crippen molar-refractivity contribution >= 4 is 0 Å². The number of rotatable bonds is 7. The van der Waals surface area contributed by atoms with Crippen molar-refractivity contribution in [3.05, 3.63) is 24.4 Å². The normalized spacial score (nSPS) is 10.4. The van der Waals surface area contributed by atoms with Crippen molar-refractivity contribution in [2.24, 2.45) is 0 Å². The Balaban J connectivity index is 0. The van der Waals surface area contributed by atoms with Gasteiger partial charge in [0, 0.05) is 19.6 Å². The molecule has 0 atom stereocenters. The Morgan fingerprint density at radius 1 is 1.19 bits per heavy atom. The summed E-state index contributed by atoms with van der Waals surface area (Å²) in [6.45, 7) is 13.3. The Morgan fingerprint density at radius 3 is 2.06 bits per heavy atom. The number of hydrogen-bond acceptors (Lipinski definition) is 3. The van der Waals surface area contributed by atoms with E-state index < -0.39 is 0 Å². The summed E-state index contributed by atoms with van der Waals surface area (Å²) in [5, 5.41) is 9.02. The van der Waals surface area contributed by atoms with Gasteiger partial charge in [-0.1, -0.05) is 20.4 Å². The largest absolute Gasteiger partial charge is 0.481 e. The fourth-order valence-corrected chi connectivity index (χ4v) is 0.898. The van der Waals surface area contributed by atoms with E-state index in [2.05, 4.69) is 6.58 Å². The Labute approximate surface area is 99.8 Å². The van der Waals surface area contributed by atoms with Crippen LogP contribution in [0.3, 0.4) is 0 Å². The van der Waals surface area contributed by atoms with Gasteiger partial charge in [-0.15, -0.1) is 0 Å². The summed E-state index contributed by atoms with van der Waals surface area (Å²) in [6, 6.07) is 0. The summed E-state index contributed by atoms with van der Waals surface area (Å²) in [5.41, 5.74) is 0. The van der Waals surface area contributed by atoms with E-state index in [1.54, 1.807) is 6.08 Å². The quantitative estimate of drug-likeness (QED) is 0.667. The highest BCUT2D eigenvalue weighted by atomic mass is 16.6. The first-order valence-corrected chi connectivity index (χ1v) is 5.94. The molecule has 0 unspecified atom stereocenters. The Kier molecular flexibility index (Phi) is 15.3. The van der Waals surface area contributed by atoms with Gasteiger partial charge in [0.05, 0.1) is 0 Å². The van der Waals surface area contributed by atoms with Crippen LogP contribution < -0.4 is 0 Å². The second-order valence-corrected chi connectivity index (χ2v) is 3.12. The molecule has 0 saturated heterocycles. The lowest BCUT2D eigenvalue weighted by Crippen LogP contribution is -1.90. The molecule has 0 heterocycles. The van der Waals surface area contributed by atoms with Crippen LogP contribution in [0.15, 0.2) is 24.4 Å². The van der Waals surface area contributed by atoms with Crippen molar-refractivity contribution in [1.29, 1.82) is 0 Å². The standard InChI is InChI=1S/C9H16O2.C4H10O/c1-4-6-8(3)11-9(10)7-5-2;1-3-5-4-2/h7,10H,3-6H2,1-2H3;3-4H2,1-2H3/b9-7+;. The molecule has 0 bridgehead atoms. The minimum absolute atomic E-state index is 0.0362. The number of aliphatic hydroxyl groups is 1. The number of hydrogen-bond donors (Lipinski definition) is 1. The van der Waals surface area contributed by atoms with Crippen LogP contribution >= 0.6 is 0 Å². The molecule has 3 nitrogen and oxygen atoms in total. The Bertz CT molecular complexity index is 184. The first-order chi connectivity index (χ1) is 7.62. The highest BCUT2D eigenvalue weighted by Gasteiger charge is 1.95. The zero-order valence-electron chi connectivity index (χ0n) is 11.1. The first-order valence-electron chi connectivity index (χ1n) is 5.94. The topological polar surface area (TPSA) is 38.7 Å². The summed E-state index contributed by atoms with van der Waals surface area (Å²) < 4.78 is 9.79. The van der Waals surface area contributed by atoms with Crippen molar-refractivity contribution in [3.8, 4) is 0 Å². The van der Waals surface area contributed by atoms with Gasteiger partial charge >= 0.3 is 0 Å². The monoisotopic (exact) mass is 230 g/mol. The molecule has 0 aromatic heterocycles. The summed E-state index contributed by atoms with van der Waals surface area (Å²) in [5.74, 6) is 0.584. The average Bonchev–Trinajstić information content (AvgIpc) is 2.20. The van der Waals surface area contributed by atoms with Crippen LogP contribution in [0.1, 0.15) is 47.0 Å². The van der Waals surface area contributed by atoms with Crippen LogP contribution in [-0.4, -0.2) is 18.3 Å². The number of aliphatic hydroxyl groups excluding tert-OH is 1. The fraction of sp³-hybridized carbons (Fsp3) is 0.692. The average molecular weight is 230 g/mol. The van der Waals surface area contributed by atoms with E-state index in [4.69, 9.17) is 14.6 Å². The van der Waals surface area contributed by atoms with Crippen LogP contribution in [0.4, 0.5) is 0 Å². The van der Waals surface area contributed by atoms with Gasteiger partial charge in [0.15, 0.2) is 0 Å². The van der Waals surface area contributed by atoms with Crippen LogP contribution in [0.25, 0.3) is 0 Å². The molecule has 0 saturated carbocycles. The highest BCUT2D eigenvalue weighted by molar-refractivity contribution is 4.90. The molecule has 0 fully saturated rings.